The molecular weight excluding hydrogens is 288 g/mol. The zero-order chi connectivity index (χ0) is 16.9. The second-order valence-corrected chi connectivity index (χ2v) is 7.34. The van der Waals surface area contributed by atoms with Crippen molar-refractivity contribution in [3.8, 4) is 0 Å². The summed E-state index contributed by atoms with van der Waals surface area (Å²) >= 11 is 0. The van der Waals surface area contributed by atoms with Crippen LogP contribution in [-0.2, 0) is 18.9 Å². The largest absolute Gasteiger partial charge is 0.302 e. The van der Waals surface area contributed by atoms with Gasteiger partial charge in [0.1, 0.15) is 5.56 Å². The van der Waals surface area contributed by atoms with Crippen molar-refractivity contribution in [2.24, 2.45) is 7.05 Å². The number of hydrogen-bond donors (Lipinski definition) is 1. The van der Waals surface area contributed by atoms with Crippen LogP contribution in [0.3, 0.4) is 0 Å². The lowest BCUT2D eigenvalue weighted by Gasteiger charge is -2.36. The van der Waals surface area contributed by atoms with Crippen LogP contribution in [0.4, 0.5) is 0 Å². The first kappa shape index (κ1) is 15.8. The van der Waals surface area contributed by atoms with Crippen LogP contribution in [0.2, 0.25) is 0 Å². The van der Waals surface area contributed by atoms with Gasteiger partial charge < -0.3 is 5.10 Å². The molecule has 0 atom stereocenters. The second kappa shape index (κ2) is 5.22. The summed E-state index contributed by atoms with van der Waals surface area (Å²) in [6.45, 7) is 8.60. The molecule has 0 fully saturated rings. The molecule has 0 bridgehead atoms. The van der Waals surface area contributed by atoms with E-state index >= 15 is 0 Å². The minimum Gasteiger partial charge on any atom is -0.302 e. The van der Waals surface area contributed by atoms with Crippen LogP contribution in [-0.4, -0.2) is 15.6 Å². The predicted octanol–water partition coefficient (Wildman–Crippen LogP) is 3.18. The fraction of sp³-hybridized carbons (Fsp3) is 0.474. The van der Waals surface area contributed by atoms with Gasteiger partial charge in [-0.2, -0.15) is 0 Å². The van der Waals surface area contributed by atoms with Gasteiger partial charge in [-0.1, -0.05) is 13.8 Å². The summed E-state index contributed by atoms with van der Waals surface area (Å²) in [4.78, 5) is 25.0. The predicted molar refractivity (Wildman–Crippen MR) is 91.3 cm³/mol. The summed E-state index contributed by atoms with van der Waals surface area (Å²) in [5.41, 5.74) is 5.55. The molecule has 0 spiro atoms. The number of carbonyl (C=O) groups excluding carboxylic acids is 1. The zero-order valence-corrected chi connectivity index (χ0v) is 14.5. The number of hydrogen-bond acceptors (Lipinski definition) is 2. The number of rotatable bonds is 2. The topological polar surface area (TPSA) is 54.9 Å². The first-order valence-electron chi connectivity index (χ1n) is 8.16. The molecule has 0 saturated carbocycles. The lowest BCUT2D eigenvalue weighted by molar-refractivity contribution is 0.103. The molecule has 0 saturated heterocycles. The lowest BCUT2D eigenvalue weighted by Crippen LogP contribution is -2.28. The van der Waals surface area contributed by atoms with Crippen molar-refractivity contribution in [2.75, 3.05) is 0 Å². The minimum atomic E-state index is -0.274. The third kappa shape index (κ3) is 2.37. The maximum atomic E-state index is 12.9. The summed E-state index contributed by atoms with van der Waals surface area (Å²) in [6, 6.07) is 1.96. The highest BCUT2D eigenvalue weighted by Gasteiger charge is 2.32. The van der Waals surface area contributed by atoms with E-state index in [2.05, 4.69) is 25.9 Å². The Morgan fingerprint density at radius 2 is 1.96 bits per heavy atom. The van der Waals surface area contributed by atoms with E-state index in [9.17, 15) is 9.59 Å². The van der Waals surface area contributed by atoms with Gasteiger partial charge in [-0.3, -0.25) is 14.3 Å². The molecule has 4 heteroatoms. The molecule has 4 nitrogen and oxygen atoms in total. The second-order valence-electron chi connectivity index (χ2n) is 7.34. The van der Waals surface area contributed by atoms with Crippen LogP contribution in [0.25, 0.3) is 0 Å². The van der Waals surface area contributed by atoms with E-state index in [-0.39, 0.29) is 22.3 Å². The molecule has 1 N–H and O–H groups in total. The number of benzene rings is 1. The molecule has 23 heavy (non-hydrogen) atoms. The van der Waals surface area contributed by atoms with Gasteiger partial charge in [0.15, 0.2) is 5.78 Å². The molecule has 0 amide bonds. The van der Waals surface area contributed by atoms with Crippen molar-refractivity contribution in [3.63, 3.8) is 0 Å². The molecule has 0 aliphatic heterocycles. The smallest absolute Gasteiger partial charge is 0.277 e. The normalized spacial score (nSPS) is 16.2. The average Bonchev–Trinajstić information content (AvgIpc) is 2.81. The summed E-state index contributed by atoms with van der Waals surface area (Å²) in [5.74, 6) is -0.184. The van der Waals surface area contributed by atoms with Crippen LogP contribution >= 0.6 is 0 Å². The first-order valence-corrected chi connectivity index (χ1v) is 8.16. The van der Waals surface area contributed by atoms with E-state index in [4.69, 9.17) is 0 Å². The van der Waals surface area contributed by atoms with Gasteiger partial charge in [0, 0.05) is 18.8 Å². The summed E-state index contributed by atoms with van der Waals surface area (Å²) in [5, 5.41) is 2.78. The molecule has 1 aliphatic carbocycles. The van der Waals surface area contributed by atoms with E-state index in [1.807, 2.05) is 13.0 Å². The number of carbonyl (C=O) groups is 1. The Hall–Kier alpha value is -2.10. The van der Waals surface area contributed by atoms with E-state index in [0.717, 1.165) is 24.0 Å². The molecule has 1 aromatic carbocycles. The molecule has 1 heterocycles. The SMILES string of the molecule is Cc1cc(C(=O)c2c[nH]n(C)c2=O)c(C)c2c1CCCC2(C)C. The Kier molecular flexibility index (Phi) is 3.58. The van der Waals surface area contributed by atoms with Crippen molar-refractivity contribution < 1.29 is 4.79 Å². The van der Waals surface area contributed by atoms with E-state index < -0.39 is 0 Å². The molecule has 0 unspecified atom stereocenters. The van der Waals surface area contributed by atoms with Crippen molar-refractivity contribution in [3.05, 3.63) is 56.0 Å². The Morgan fingerprint density at radius 3 is 2.57 bits per heavy atom. The Balaban J connectivity index is 2.22. The molecule has 3 rings (SSSR count). The molecular formula is C19H24N2O2. The molecule has 2 aromatic rings. The van der Waals surface area contributed by atoms with Gasteiger partial charge in [-0.15, -0.1) is 0 Å². The summed E-state index contributed by atoms with van der Waals surface area (Å²) < 4.78 is 1.33. The average molecular weight is 312 g/mol. The summed E-state index contributed by atoms with van der Waals surface area (Å²) in [7, 11) is 1.62. The van der Waals surface area contributed by atoms with Crippen LogP contribution in [0.15, 0.2) is 17.1 Å². The van der Waals surface area contributed by atoms with Crippen molar-refractivity contribution in [1.82, 2.24) is 9.78 Å². The third-order valence-corrected chi connectivity index (χ3v) is 5.25. The standard InChI is InChI=1S/C19H24N2O2/c1-11-9-14(17(22)15-10-20-21(5)18(15)23)12(2)16-13(11)7-6-8-19(16,3)4/h9-10,20H,6-8H2,1-5H3. The Labute approximate surface area is 136 Å². The lowest BCUT2D eigenvalue weighted by atomic mass is 9.68. The quantitative estimate of drug-likeness (QED) is 0.866. The summed E-state index contributed by atoms with van der Waals surface area (Å²) in [6.07, 6.45) is 4.89. The van der Waals surface area contributed by atoms with Gasteiger partial charge in [0.25, 0.3) is 5.56 Å². The highest BCUT2D eigenvalue weighted by molar-refractivity contribution is 6.10. The highest BCUT2D eigenvalue weighted by Crippen LogP contribution is 2.41. The number of aryl methyl sites for hydroxylation is 2. The monoisotopic (exact) mass is 312 g/mol. The number of nitrogens with one attached hydrogen (secondary N) is 1. The number of H-pyrrole nitrogens is 1. The molecule has 0 radical (unpaired) electrons. The molecule has 1 aliphatic rings. The van der Waals surface area contributed by atoms with Crippen molar-refractivity contribution >= 4 is 5.78 Å². The van der Waals surface area contributed by atoms with E-state index in [0.29, 0.717) is 5.56 Å². The van der Waals surface area contributed by atoms with Crippen LogP contribution in [0.1, 0.15) is 64.9 Å². The number of aromatic amines is 1. The molecule has 122 valence electrons. The first-order chi connectivity index (χ1) is 10.7. The van der Waals surface area contributed by atoms with Gasteiger partial charge in [-0.25, -0.2) is 0 Å². The van der Waals surface area contributed by atoms with Gasteiger partial charge in [0.2, 0.25) is 0 Å². The Morgan fingerprint density at radius 1 is 1.26 bits per heavy atom. The number of aromatic nitrogens is 2. The van der Waals surface area contributed by atoms with E-state index in [1.54, 1.807) is 7.05 Å². The van der Waals surface area contributed by atoms with Gasteiger partial charge in [0.05, 0.1) is 0 Å². The van der Waals surface area contributed by atoms with Gasteiger partial charge in [-0.05, 0) is 66.8 Å². The van der Waals surface area contributed by atoms with E-state index in [1.165, 1.54) is 28.4 Å². The maximum absolute atomic E-state index is 12.9. The van der Waals surface area contributed by atoms with Crippen LogP contribution in [0.5, 0.6) is 0 Å². The molecule has 1 aromatic heterocycles. The number of ketones is 1. The number of nitrogens with zero attached hydrogens (tertiary/aromatic N) is 1. The van der Waals surface area contributed by atoms with Crippen LogP contribution < -0.4 is 5.56 Å². The third-order valence-electron chi connectivity index (χ3n) is 5.25. The van der Waals surface area contributed by atoms with Gasteiger partial charge >= 0.3 is 0 Å². The highest BCUT2D eigenvalue weighted by atomic mass is 16.2. The fourth-order valence-electron chi connectivity index (χ4n) is 4.05. The van der Waals surface area contributed by atoms with Crippen molar-refractivity contribution in [1.29, 1.82) is 0 Å². The van der Waals surface area contributed by atoms with Crippen molar-refractivity contribution in [2.45, 2.75) is 52.4 Å². The van der Waals surface area contributed by atoms with Crippen LogP contribution in [0, 0.1) is 13.8 Å². The zero-order valence-electron chi connectivity index (χ0n) is 14.5. The fourth-order valence-corrected chi connectivity index (χ4v) is 4.05. The Bertz CT molecular complexity index is 853. The minimum absolute atomic E-state index is 0.0713. The maximum Gasteiger partial charge on any atom is 0.277 e. The number of fused-ring (bicyclic) bond motifs is 1.